The molecule has 3 saturated heterocycles. The van der Waals surface area contributed by atoms with Gasteiger partial charge in [-0.25, -0.2) is 0 Å². The van der Waals surface area contributed by atoms with Crippen molar-refractivity contribution in [1.82, 2.24) is 14.7 Å². The fourth-order valence-corrected chi connectivity index (χ4v) is 4.08. The van der Waals surface area contributed by atoms with E-state index in [1.165, 1.54) is 0 Å². The van der Waals surface area contributed by atoms with E-state index in [0.717, 1.165) is 65.2 Å². The van der Waals surface area contributed by atoms with Crippen LogP contribution in [0.2, 0.25) is 0 Å². The Balaban J connectivity index is 1.50. The standard InChI is InChI=1S/C18H29N3O3/c1-19-16-7-9-21(14-15(16)4-2-5-17(19)22)18(23)6-3-8-20-10-12-24-13-11-20/h3,6,15-16H,2,4-5,7-14H2,1H3/b6-3+/t15-,16+/m0/s1. The Hall–Kier alpha value is -1.40. The maximum atomic E-state index is 12.5. The lowest BCUT2D eigenvalue weighted by Gasteiger charge is -2.41. The van der Waals surface area contributed by atoms with Gasteiger partial charge in [-0.2, -0.15) is 0 Å². The summed E-state index contributed by atoms with van der Waals surface area (Å²) in [6.45, 7) is 5.78. The van der Waals surface area contributed by atoms with Crippen LogP contribution >= 0.6 is 0 Å². The zero-order chi connectivity index (χ0) is 16.9. The highest BCUT2D eigenvalue weighted by Gasteiger charge is 2.36. The maximum absolute atomic E-state index is 12.5. The van der Waals surface area contributed by atoms with Crippen molar-refractivity contribution >= 4 is 11.8 Å². The van der Waals surface area contributed by atoms with E-state index in [0.29, 0.717) is 18.4 Å². The first-order valence-corrected chi connectivity index (χ1v) is 9.16. The predicted molar refractivity (Wildman–Crippen MR) is 91.5 cm³/mol. The molecule has 0 saturated carbocycles. The minimum absolute atomic E-state index is 0.111. The molecule has 6 nitrogen and oxygen atoms in total. The largest absolute Gasteiger partial charge is 0.379 e. The summed E-state index contributed by atoms with van der Waals surface area (Å²) in [7, 11) is 1.92. The second kappa shape index (κ2) is 8.12. The van der Waals surface area contributed by atoms with E-state index in [9.17, 15) is 9.59 Å². The molecule has 2 amide bonds. The lowest BCUT2D eigenvalue weighted by molar-refractivity contribution is -0.134. The molecule has 0 aromatic carbocycles. The van der Waals surface area contributed by atoms with Crippen molar-refractivity contribution in [2.75, 3.05) is 53.0 Å². The van der Waals surface area contributed by atoms with Crippen molar-refractivity contribution in [1.29, 1.82) is 0 Å². The third-order valence-electron chi connectivity index (χ3n) is 5.59. The SMILES string of the molecule is CN1C(=O)CCC[C@H]2CN(C(=O)/C=C/CN3CCOCC3)CC[C@H]21. The van der Waals surface area contributed by atoms with E-state index in [1.807, 2.05) is 22.9 Å². The Kier molecular flexibility index (Phi) is 5.89. The zero-order valence-electron chi connectivity index (χ0n) is 14.7. The molecule has 0 radical (unpaired) electrons. The molecule has 0 aliphatic carbocycles. The van der Waals surface area contributed by atoms with Gasteiger partial charge in [0.15, 0.2) is 0 Å². The normalized spacial score (nSPS) is 29.6. The van der Waals surface area contributed by atoms with Crippen molar-refractivity contribution in [3.63, 3.8) is 0 Å². The van der Waals surface area contributed by atoms with Crippen molar-refractivity contribution in [3.8, 4) is 0 Å². The highest BCUT2D eigenvalue weighted by atomic mass is 16.5. The van der Waals surface area contributed by atoms with Crippen molar-refractivity contribution < 1.29 is 14.3 Å². The summed E-state index contributed by atoms with van der Waals surface area (Å²) in [6.07, 6.45) is 7.23. The van der Waals surface area contributed by atoms with Gasteiger partial charge in [0.05, 0.1) is 13.2 Å². The van der Waals surface area contributed by atoms with Gasteiger partial charge >= 0.3 is 0 Å². The molecule has 0 bridgehead atoms. The van der Waals surface area contributed by atoms with Gasteiger partial charge in [-0.3, -0.25) is 14.5 Å². The van der Waals surface area contributed by atoms with Crippen LogP contribution in [0.1, 0.15) is 25.7 Å². The molecule has 3 aliphatic heterocycles. The quantitative estimate of drug-likeness (QED) is 0.714. The van der Waals surface area contributed by atoms with Gasteiger partial charge in [-0.15, -0.1) is 0 Å². The number of fused-ring (bicyclic) bond motifs is 1. The van der Waals surface area contributed by atoms with Gasteiger partial charge in [0, 0.05) is 58.3 Å². The zero-order valence-corrected chi connectivity index (χ0v) is 14.7. The molecule has 0 aromatic heterocycles. The van der Waals surface area contributed by atoms with Gasteiger partial charge in [0.1, 0.15) is 0 Å². The lowest BCUT2D eigenvalue weighted by Crippen LogP contribution is -2.51. The molecule has 0 N–H and O–H groups in total. The van der Waals surface area contributed by atoms with E-state index in [2.05, 4.69) is 4.90 Å². The molecular weight excluding hydrogens is 306 g/mol. The van der Waals surface area contributed by atoms with Gasteiger partial charge in [-0.1, -0.05) is 6.08 Å². The molecule has 3 fully saturated rings. The Bertz CT molecular complexity index is 488. The Morgan fingerprint density at radius 1 is 1.25 bits per heavy atom. The molecule has 0 unspecified atom stereocenters. The number of amides is 2. The molecule has 0 aromatic rings. The van der Waals surface area contributed by atoms with Crippen LogP contribution in [-0.4, -0.2) is 85.5 Å². The first-order valence-electron chi connectivity index (χ1n) is 9.16. The van der Waals surface area contributed by atoms with Crippen LogP contribution in [0.3, 0.4) is 0 Å². The summed E-state index contributed by atoms with van der Waals surface area (Å²) in [5.41, 5.74) is 0. The second-order valence-electron chi connectivity index (χ2n) is 7.11. The molecule has 134 valence electrons. The molecule has 3 aliphatic rings. The summed E-state index contributed by atoms with van der Waals surface area (Å²) in [4.78, 5) is 30.6. The number of hydrogen-bond donors (Lipinski definition) is 0. The molecule has 24 heavy (non-hydrogen) atoms. The number of nitrogens with zero attached hydrogens (tertiary/aromatic N) is 3. The molecule has 2 atom stereocenters. The molecular formula is C18H29N3O3. The molecule has 0 spiro atoms. The average molecular weight is 335 g/mol. The van der Waals surface area contributed by atoms with E-state index in [-0.39, 0.29) is 11.8 Å². The van der Waals surface area contributed by atoms with Crippen LogP contribution < -0.4 is 0 Å². The van der Waals surface area contributed by atoms with Crippen molar-refractivity contribution in [3.05, 3.63) is 12.2 Å². The van der Waals surface area contributed by atoms with Gasteiger partial charge in [0.2, 0.25) is 11.8 Å². The Morgan fingerprint density at radius 2 is 2.04 bits per heavy atom. The van der Waals surface area contributed by atoms with Crippen LogP contribution in [0.4, 0.5) is 0 Å². The van der Waals surface area contributed by atoms with Gasteiger partial charge in [-0.05, 0) is 25.2 Å². The lowest BCUT2D eigenvalue weighted by atomic mass is 9.88. The third-order valence-corrected chi connectivity index (χ3v) is 5.59. The van der Waals surface area contributed by atoms with Crippen molar-refractivity contribution in [2.24, 2.45) is 5.92 Å². The minimum Gasteiger partial charge on any atom is -0.379 e. The minimum atomic E-state index is 0.111. The number of rotatable bonds is 3. The van der Waals surface area contributed by atoms with Crippen LogP contribution in [0.25, 0.3) is 0 Å². The monoisotopic (exact) mass is 335 g/mol. The predicted octanol–water partition coefficient (Wildman–Crippen LogP) is 0.734. The highest BCUT2D eigenvalue weighted by molar-refractivity contribution is 5.87. The third kappa shape index (κ3) is 4.16. The van der Waals surface area contributed by atoms with Crippen LogP contribution in [0, 0.1) is 5.92 Å². The van der Waals surface area contributed by atoms with E-state index < -0.39 is 0 Å². The summed E-state index contributed by atoms with van der Waals surface area (Å²) < 4.78 is 5.33. The number of ether oxygens (including phenoxy) is 1. The first-order chi connectivity index (χ1) is 11.6. The number of carbonyl (C=O) groups excluding carboxylic acids is 2. The smallest absolute Gasteiger partial charge is 0.246 e. The number of piperidine rings is 1. The molecule has 6 heteroatoms. The van der Waals surface area contributed by atoms with E-state index in [4.69, 9.17) is 4.74 Å². The number of morpholine rings is 1. The summed E-state index contributed by atoms with van der Waals surface area (Å²) in [5.74, 6) is 0.791. The fourth-order valence-electron chi connectivity index (χ4n) is 4.08. The topological polar surface area (TPSA) is 53.1 Å². The van der Waals surface area contributed by atoms with Gasteiger partial charge in [0.25, 0.3) is 0 Å². The average Bonchev–Trinajstić information content (AvgIpc) is 2.74. The molecule has 3 heterocycles. The van der Waals surface area contributed by atoms with Crippen molar-refractivity contribution in [2.45, 2.75) is 31.7 Å². The molecule has 3 rings (SSSR count). The number of likely N-dealkylation sites (tertiary alicyclic amines) is 2. The summed E-state index contributed by atoms with van der Waals surface area (Å²) in [5, 5.41) is 0. The fraction of sp³-hybridized carbons (Fsp3) is 0.778. The Labute approximate surface area is 144 Å². The first kappa shape index (κ1) is 17.4. The number of hydrogen-bond acceptors (Lipinski definition) is 4. The maximum Gasteiger partial charge on any atom is 0.246 e. The van der Waals surface area contributed by atoms with E-state index >= 15 is 0 Å². The second-order valence-corrected chi connectivity index (χ2v) is 7.11. The van der Waals surface area contributed by atoms with Crippen LogP contribution in [0.15, 0.2) is 12.2 Å². The highest BCUT2D eigenvalue weighted by Crippen LogP contribution is 2.29. The van der Waals surface area contributed by atoms with E-state index in [1.54, 1.807) is 6.08 Å². The number of carbonyl (C=O) groups is 2. The van der Waals surface area contributed by atoms with Gasteiger partial charge < -0.3 is 14.5 Å². The summed E-state index contributed by atoms with van der Waals surface area (Å²) in [6, 6.07) is 0.307. The summed E-state index contributed by atoms with van der Waals surface area (Å²) >= 11 is 0. The Morgan fingerprint density at radius 3 is 2.83 bits per heavy atom. The van der Waals surface area contributed by atoms with Crippen LogP contribution in [0.5, 0.6) is 0 Å². The van der Waals surface area contributed by atoms with Crippen LogP contribution in [-0.2, 0) is 14.3 Å².